The van der Waals surface area contributed by atoms with Crippen LogP contribution in [0.25, 0.3) is 0 Å². The second-order valence-electron chi connectivity index (χ2n) is 12.8. The van der Waals surface area contributed by atoms with Crippen LogP contribution < -0.4 is 0 Å². The van der Waals surface area contributed by atoms with E-state index in [4.69, 9.17) is 6.65 Å². The molecule has 0 aromatic heterocycles. The molecule has 0 aliphatic rings. The van der Waals surface area contributed by atoms with E-state index in [2.05, 4.69) is 13.8 Å². The van der Waals surface area contributed by atoms with E-state index >= 15 is 0 Å². The maximum atomic E-state index is 11.9. The summed E-state index contributed by atoms with van der Waals surface area (Å²) in [7, 11) is 0. The van der Waals surface area contributed by atoms with Crippen molar-refractivity contribution in [3.63, 3.8) is 0 Å². The first-order chi connectivity index (χ1) is 22.2. The zero-order valence-corrected chi connectivity index (χ0v) is 41.2. The molecule has 0 unspecified atom stereocenters. The minimum absolute atomic E-state index is 0.103. The average Bonchev–Trinajstić information content (AvgIpc) is 3.04. The molecule has 0 saturated carbocycles. The molecule has 0 rings (SSSR count). The standard InChI is InChI=1S/2C18H36O2.2O.3Pb/c2*1-2-3-4-5-6-7-8-9-10-11-12-13-14-15-16-17-18(19)20;;;;;/h2*2-17H2,1H3,(H,19,20);;;;;/q;;;;;2*+1/p-2. The van der Waals surface area contributed by atoms with Crippen LogP contribution in [-0.2, 0) is 16.2 Å². The molecule has 0 aromatic rings. The van der Waals surface area contributed by atoms with Crippen LogP contribution in [0.5, 0.6) is 0 Å². The van der Waals surface area contributed by atoms with Crippen molar-refractivity contribution in [2.24, 2.45) is 0 Å². The van der Waals surface area contributed by atoms with E-state index in [9.17, 15) is 9.59 Å². The molecule has 0 amide bonds. The number of carbonyl (C=O) groups excluding carboxylic acids is 2. The van der Waals surface area contributed by atoms with Gasteiger partial charge in [-0.1, -0.05) is 90.9 Å². The number of rotatable bonds is 38. The van der Waals surface area contributed by atoms with E-state index in [1.165, 1.54) is 167 Å². The third kappa shape index (κ3) is 41.7. The van der Waals surface area contributed by atoms with E-state index in [0.29, 0.717) is 12.8 Å². The van der Waals surface area contributed by atoms with E-state index in [1.54, 1.807) is 0 Å². The molecule has 262 valence electrons. The predicted molar refractivity (Wildman–Crippen MR) is 191 cm³/mol. The van der Waals surface area contributed by atoms with Crippen LogP contribution in [-0.4, -0.2) is 87.4 Å². The zero-order valence-electron chi connectivity index (χ0n) is 29.6. The van der Waals surface area contributed by atoms with E-state index < -0.39 is 75.4 Å². The van der Waals surface area contributed by atoms with Crippen LogP contribution in [0.2, 0.25) is 0 Å². The summed E-state index contributed by atoms with van der Waals surface area (Å²) in [5.41, 5.74) is 0. The summed E-state index contributed by atoms with van der Waals surface area (Å²) in [4.78, 5) is 23.8. The van der Waals surface area contributed by atoms with Gasteiger partial charge in [0, 0.05) is 0 Å². The molecule has 0 saturated heterocycles. The SMILES string of the molecule is CCCCCCCCCCCCCCCCCC(=O)[O][Pb][O][Pb][O][Pb][O]C(=O)CCCCCCCCCCCCCCCCC. The van der Waals surface area contributed by atoms with Gasteiger partial charge in [-0.3, -0.25) is 0 Å². The molecule has 0 aliphatic carbocycles. The van der Waals surface area contributed by atoms with Gasteiger partial charge in [0.1, 0.15) is 0 Å². The van der Waals surface area contributed by atoms with Crippen molar-refractivity contribution in [1.29, 1.82) is 0 Å². The quantitative estimate of drug-likeness (QED) is 0.0453. The first-order valence-corrected chi connectivity index (χ1v) is 28.7. The fourth-order valence-corrected chi connectivity index (χ4v) is 26.9. The Labute approximate surface area is 319 Å². The molecule has 0 aromatic carbocycles. The molecule has 0 aliphatic heterocycles. The Morgan fingerprint density at radius 1 is 0.333 bits per heavy atom. The van der Waals surface area contributed by atoms with Gasteiger partial charge in [-0.2, -0.15) is 0 Å². The van der Waals surface area contributed by atoms with Crippen molar-refractivity contribution in [3.05, 3.63) is 0 Å². The Morgan fingerprint density at radius 3 is 0.800 bits per heavy atom. The first-order valence-electron chi connectivity index (χ1n) is 19.2. The van der Waals surface area contributed by atoms with Crippen LogP contribution >= 0.6 is 0 Å². The van der Waals surface area contributed by atoms with E-state index in [-0.39, 0.29) is 11.9 Å². The van der Waals surface area contributed by atoms with E-state index in [0.717, 1.165) is 25.7 Å². The van der Waals surface area contributed by atoms with Crippen LogP contribution in [0, 0.1) is 0 Å². The Morgan fingerprint density at radius 2 is 0.556 bits per heavy atom. The average molecular weight is 1220 g/mol. The Hall–Kier alpha value is 1.63. The van der Waals surface area contributed by atoms with Crippen LogP contribution in [0.3, 0.4) is 0 Å². The minimum Gasteiger partial charge on any atom is -0.0654 e. The number of hydrogen-bond donors (Lipinski definition) is 0. The fourth-order valence-electron chi connectivity index (χ4n) is 5.57. The Kier molecular flexibility index (Phi) is 43.3. The van der Waals surface area contributed by atoms with Crippen molar-refractivity contribution in [1.82, 2.24) is 0 Å². The number of hydrogen-bond acceptors (Lipinski definition) is 6. The molecule has 9 heteroatoms. The summed E-state index contributed by atoms with van der Waals surface area (Å²) in [6.07, 6.45) is 40.7. The van der Waals surface area contributed by atoms with Crippen molar-refractivity contribution in [2.45, 2.75) is 219 Å². The molecule has 0 spiro atoms. The first kappa shape index (κ1) is 46.6. The summed E-state index contributed by atoms with van der Waals surface area (Å²) in [5.74, 6) is -0.206. The van der Waals surface area contributed by atoms with Crippen LogP contribution in [0.1, 0.15) is 219 Å². The fraction of sp³-hybridized carbons (Fsp3) is 0.944. The molecule has 0 heterocycles. The van der Waals surface area contributed by atoms with Crippen LogP contribution in [0.4, 0.5) is 0 Å². The summed E-state index contributed by atoms with van der Waals surface area (Å²) in [5, 5.41) is 0. The van der Waals surface area contributed by atoms with Crippen molar-refractivity contribution >= 4 is 87.4 Å². The molecule has 0 atom stereocenters. The monoisotopic (exact) mass is 1220 g/mol. The molecule has 0 bridgehead atoms. The summed E-state index contributed by atoms with van der Waals surface area (Å²) >= 11 is -5.23. The van der Waals surface area contributed by atoms with Gasteiger partial charge in [-0.15, -0.1) is 0 Å². The second kappa shape index (κ2) is 41.8. The van der Waals surface area contributed by atoms with E-state index in [1.807, 2.05) is 0 Å². The molecule has 6 radical (unpaired) electrons. The van der Waals surface area contributed by atoms with Gasteiger partial charge in [0.05, 0.1) is 0 Å². The Bertz CT molecular complexity index is 561. The molecule has 0 N–H and O–H groups in total. The van der Waals surface area contributed by atoms with Gasteiger partial charge in [-0.05, 0) is 0 Å². The Balaban J connectivity index is 3.24. The van der Waals surface area contributed by atoms with Gasteiger partial charge < -0.3 is 0 Å². The normalized spacial score (nSPS) is 11.2. The second-order valence-corrected chi connectivity index (χ2v) is 31.8. The summed E-state index contributed by atoms with van der Waals surface area (Å²) in [6.45, 7) is 4.55. The molecule has 45 heavy (non-hydrogen) atoms. The molecular weight excluding hydrogens is 1150 g/mol. The van der Waals surface area contributed by atoms with Gasteiger partial charge in [-0.25, -0.2) is 0 Å². The van der Waals surface area contributed by atoms with Gasteiger partial charge in [0.25, 0.3) is 0 Å². The number of carbonyl (C=O) groups is 2. The topological polar surface area (TPSA) is 71.1 Å². The third-order valence-corrected chi connectivity index (χ3v) is 23.5. The van der Waals surface area contributed by atoms with Crippen LogP contribution in [0.15, 0.2) is 0 Å². The van der Waals surface area contributed by atoms with Crippen molar-refractivity contribution in [3.8, 4) is 0 Å². The zero-order chi connectivity index (χ0) is 32.7. The molecular formula is C36H70O6Pb3. The maximum absolute atomic E-state index is 11.9. The third-order valence-electron chi connectivity index (χ3n) is 8.45. The summed E-state index contributed by atoms with van der Waals surface area (Å²) < 4.78 is 21.9. The molecule has 6 nitrogen and oxygen atoms in total. The van der Waals surface area contributed by atoms with Gasteiger partial charge in [0.15, 0.2) is 0 Å². The van der Waals surface area contributed by atoms with Crippen molar-refractivity contribution in [2.75, 3.05) is 0 Å². The predicted octanol–water partition coefficient (Wildman–Crippen LogP) is 11.2. The summed E-state index contributed by atoms with van der Waals surface area (Å²) in [6, 6.07) is 0. The van der Waals surface area contributed by atoms with Gasteiger partial charge in [0.2, 0.25) is 0 Å². The number of unbranched alkanes of at least 4 members (excludes halogenated alkanes) is 28. The van der Waals surface area contributed by atoms with Gasteiger partial charge >= 0.3 is 232 Å². The smallest absolute Gasteiger partial charge is 0.0654 e. The van der Waals surface area contributed by atoms with Crippen molar-refractivity contribution < 1.29 is 16.2 Å². The minimum atomic E-state index is -1.79. The molecule has 0 fully saturated rings.